The maximum Gasteiger partial charge on any atom is 0.261 e. The number of carbonyl (C=O) groups is 1. The number of carbonyl (C=O) groups excluding carboxylic acids is 1. The van der Waals surface area contributed by atoms with Gasteiger partial charge in [-0.25, -0.2) is 4.68 Å². The molecule has 0 spiro atoms. The second kappa shape index (κ2) is 9.09. The third-order valence-corrected chi connectivity index (χ3v) is 5.47. The fourth-order valence-corrected chi connectivity index (χ4v) is 4.06. The van der Waals surface area contributed by atoms with Gasteiger partial charge in [0.05, 0.1) is 18.4 Å². The maximum absolute atomic E-state index is 13.2. The number of aromatic nitrogens is 4. The van der Waals surface area contributed by atoms with E-state index >= 15 is 0 Å². The van der Waals surface area contributed by atoms with Crippen LogP contribution in [0.25, 0.3) is 16.9 Å². The molecular weight excluding hydrogens is 410 g/mol. The number of benzene rings is 2. The average molecular weight is 434 g/mol. The van der Waals surface area contributed by atoms with E-state index in [1.54, 1.807) is 18.0 Å². The second-order valence-electron chi connectivity index (χ2n) is 7.45. The predicted molar refractivity (Wildman–Crippen MR) is 122 cm³/mol. The number of nitrogens with zero attached hydrogens (tertiary/aromatic N) is 4. The van der Waals surface area contributed by atoms with Crippen molar-refractivity contribution >= 4 is 22.4 Å². The first-order chi connectivity index (χ1) is 15.0. The predicted octanol–water partition coefficient (Wildman–Crippen LogP) is 4.85. The molecule has 0 aliphatic heterocycles. The Morgan fingerprint density at radius 2 is 1.84 bits per heavy atom. The Hall–Kier alpha value is -3.52. The Labute approximate surface area is 184 Å². The van der Waals surface area contributed by atoms with Crippen LogP contribution in [0.4, 0.5) is 5.13 Å². The summed E-state index contributed by atoms with van der Waals surface area (Å²) in [5.41, 5.74) is 2.72. The molecule has 0 aliphatic carbocycles. The van der Waals surface area contributed by atoms with E-state index in [2.05, 4.69) is 29.4 Å². The van der Waals surface area contributed by atoms with Gasteiger partial charge in [0.2, 0.25) is 5.13 Å². The highest BCUT2D eigenvalue weighted by atomic mass is 32.1. The largest absolute Gasteiger partial charge is 0.497 e. The average Bonchev–Trinajstić information content (AvgIpc) is 3.41. The van der Waals surface area contributed by atoms with Crippen molar-refractivity contribution in [2.45, 2.75) is 20.3 Å². The lowest BCUT2D eigenvalue weighted by Gasteiger charge is -2.04. The number of amides is 1. The van der Waals surface area contributed by atoms with Crippen molar-refractivity contribution in [3.63, 3.8) is 0 Å². The van der Waals surface area contributed by atoms with Gasteiger partial charge in [0.25, 0.3) is 5.91 Å². The quantitative estimate of drug-likeness (QED) is 0.451. The molecule has 8 heteroatoms. The fourth-order valence-electron chi connectivity index (χ4n) is 3.12. The van der Waals surface area contributed by atoms with Crippen molar-refractivity contribution in [2.75, 3.05) is 12.4 Å². The molecule has 7 nitrogen and oxygen atoms in total. The molecule has 0 bridgehead atoms. The van der Waals surface area contributed by atoms with Crippen LogP contribution in [0.1, 0.15) is 29.2 Å². The Balaban J connectivity index is 1.68. The molecule has 0 radical (unpaired) electrons. The smallest absolute Gasteiger partial charge is 0.261 e. The molecule has 0 unspecified atom stereocenters. The van der Waals surface area contributed by atoms with E-state index in [0.717, 1.165) is 28.4 Å². The minimum atomic E-state index is -0.278. The van der Waals surface area contributed by atoms with Crippen LogP contribution >= 0.6 is 11.3 Å². The first-order valence-corrected chi connectivity index (χ1v) is 10.8. The van der Waals surface area contributed by atoms with Crippen LogP contribution in [-0.2, 0) is 6.42 Å². The first kappa shape index (κ1) is 20.7. The van der Waals surface area contributed by atoms with Crippen molar-refractivity contribution in [3.8, 4) is 22.7 Å². The molecule has 0 saturated heterocycles. The van der Waals surface area contributed by atoms with Gasteiger partial charge in [0, 0.05) is 18.2 Å². The molecule has 0 saturated carbocycles. The van der Waals surface area contributed by atoms with E-state index < -0.39 is 0 Å². The molecular formula is C23H23N5O2S. The molecule has 0 atom stereocenters. The minimum absolute atomic E-state index is 0.278. The molecule has 158 valence electrons. The zero-order chi connectivity index (χ0) is 21.8. The standard InChI is InChI=1S/C23H23N5O2S/c1-15(2)13-20-25-26-23(31-20)24-22(29)19-14-28(17-7-5-4-6-8-17)27-21(19)16-9-11-18(30-3)12-10-16/h4-12,14-15H,13H2,1-3H3,(H,24,26,29). The molecule has 1 amide bonds. The number of hydrogen-bond acceptors (Lipinski definition) is 6. The summed E-state index contributed by atoms with van der Waals surface area (Å²) in [7, 11) is 1.62. The zero-order valence-electron chi connectivity index (χ0n) is 17.6. The topological polar surface area (TPSA) is 81.9 Å². The summed E-state index contributed by atoms with van der Waals surface area (Å²) in [5, 5.41) is 17.2. The lowest BCUT2D eigenvalue weighted by molar-refractivity contribution is 0.102. The van der Waals surface area contributed by atoms with Gasteiger partial charge in [0.15, 0.2) is 0 Å². The van der Waals surface area contributed by atoms with E-state index in [9.17, 15) is 4.79 Å². The molecule has 2 aromatic carbocycles. The van der Waals surface area contributed by atoms with Crippen LogP contribution in [-0.4, -0.2) is 33.0 Å². The number of anilines is 1. The fraction of sp³-hybridized carbons (Fsp3) is 0.217. The molecule has 4 aromatic rings. The van der Waals surface area contributed by atoms with Gasteiger partial charge < -0.3 is 4.74 Å². The van der Waals surface area contributed by atoms with Crippen LogP contribution < -0.4 is 10.1 Å². The number of para-hydroxylation sites is 1. The van der Waals surface area contributed by atoms with Gasteiger partial charge in [-0.1, -0.05) is 43.4 Å². The van der Waals surface area contributed by atoms with Gasteiger partial charge in [-0.05, 0) is 42.3 Å². The summed E-state index contributed by atoms with van der Waals surface area (Å²) in [4.78, 5) is 13.2. The van der Waals surface area contributed by atoms with Crippen molar-refractivity contribution < 1.29 is 9.53 Å². The molecule has 2 aromatic heterocycles. The van der Waals surface area contributed by atoms with E-state index in [-0.39, 0.29) is 5.91 Å². The van der Waals surface area contributed by atoms with Gasteiger partial charge in [-0.3, -0.25) is 10.1 Å². The summed E-state index contributed by atoms with van der Waals surface area (Å²) in [6.07, 6.45) is 2.57. The number of nitrogens with one attached hydrogen (secondary N) is 1. The molecule has 31 heavy (non-hydrogen) atoms. The SMILES string of the molecule is COc1ccc(-c2nn(-c3ccccc3)cc2C(=O)Nc2nnc(CC(C)C)s2)cc1. The summed E-state index contributed by atoms with van der Waals surface area (Å²) in [6, 6.07) is 17.2. The minimum Gasteiger partial charge on any atom is -0.497 e. The summed E-state index contributed by atoms with van der Waals surface area (Å²) >= 11 is 1.40. The Bertz CT molecular complexity index is 1170. The summed E-state index contributed by atoms with van der Waals surface area (Å²) in [6.45, 7) is 4.25. The number of rotatable bonds is 7. The number of ether oxygens (including phenoxy) is 1. The summed E-state index contributed by atoms with van der Waals surface area (Å²) < 4.78 is 6.95. The maximum atomic E-state index is 13.2. The van der Waals surface area contributed by atoms with E-state index in [1.807, 2.05) is 54.6 Å². The molecule has 2 heterocycles. The van der Waals surface area contributed by atoms with Crippen molar-refractivity contribution in [1.82, 2.24) is 20.0 Å². The lowest BCUT2D eigenvalue weighted by Crippen LogP contribution is -2.12. The Kier molecular flexibility index (Phi) is 6.08. The zero-order valence-corrected chi connectivity index (χ0v) is 18.4. The van der Waals surface area contributed by atoms with Crippen molar-refractivity contribution in [2.24, 2.45) is 5.92 Å². The van der Waals surface area contributed by atoms with Crippen molar-refractivity contribution in [3.05, 3.63) is 71.4 Å². The Morgan fingerprint density at radius 3 is 2.52 bits per heavy atom. The normalized spacial score (nSPS) is 11.0. The Morgan fingerprint density at radius 1 is 1.10 bits per heavy atom. The second-order valence-corrected chi connectivity index (χ2v) is 8.52. The lowest BCUT2D eigenvalue weighted by atomic mass is 10.1. The summed E-state index contributed by atoms with van der Waals surface area (Å²) in [5.74, 6) is 0.936. The van der Waals surface area contributed by atoms with Crippen LogP contribution in [0.5, 0.6) is 5.75 Å². The van der Waals surface area contributed by atoms with Crippen LogP contribution in [0.15, 0.2) is 60.8 Å². The molecule has 1 N–H and O–H groups in total. The van der Waals surface area contributed by atoms with Gasteiger partial charge in [0.1, 0.15) is 16.5 Å². The van der Waals surface area contributed by atoms with Gasteiger partial charge in [-0.2, -0.15) is 5.10 Å². The first-order valence-electron chi connectivity index (χ1n) is 9.96. The third kappa shape index (κ3) is 4.80. The van der Waals surface area contributed by atoms with E-state index in [1.165, 1.54) is 11.3 Å². The number of methoxy groups -OCH3 is 1. The van der Waals surface area contributed by atoms with Crippen molar-refractivity contribution in [1.29, 1.82) is 0 Å². The highest BCUT2D eigenvalue weighted by Crippen LogP contribution is 2.27. The monoisotopic (exact) mass is 433 g/mol. The molecule has 0 fully saturated rings. The van der Waals surface area contributed by atoms with Crippen LogP contribution in [0.3, 0.4) is 0 Å². The van der Waals surface area contributed by atoms with Crippen LogP contribution in [0.2, 0.25) is 0 Å². The third-order valence-electron chi connectivity index (χ3n) is 4.61. The highest BCUT2D eigenvalue weighted by Gasteiger charge is 2.20. The molecule has 0 aliphatic rings. The molecule has 4 rings (SSSR count). The van der Waals surface area contributed by atoms with Crippen LogP contribution in [0, 0.1) is 5.92 Å². The highest BCUT2D eigenvalue weighted by molar-refractivity contribution is 7.15. The van der Waals surface area contributed by atoms with Gasteiger partial charge in [-0.15, -0.1) is 10.2 Å². The van der Waals surface area contributed by atoms with E-state index in [0.29, 0.717) is 22.3 Å². The van der Waals surface area contributed by atoms with E-state index in [4.69, 9.17) is 9.84 Å². The number of hydrogen-bond donors (Lipinski definition) is 1. The van der Waals surface area contributed by atoms with Gasteiger partial charge >= 0.3 is 0 Å².